The zero-order chi connectivity index (χ0) is 20.0. The van der Waals surface area contributed by atoms with Crippen molar-refractivity contribution in [3.8, 4) is 11.3 Å². The van der Waals surface area contributed by atoms with E-state index in [-0.39, 0.29) is 17.5 Å². The number of hydrogen-bond acceptors (Lipinski definition) is 5. The number of nitrogens with zero attached hydrogens (tertiary/aromatic N) is 3. The molecule has 1 aliphatic carbocycles. The molecule has 2 aliphatic heterocycles. The highest BCUT2D eigenvalue weighted by Crippen LogP contribution is 2.37. The highest BCUT2D eigenvalue weighted by molar-refractivity contribution is 6.34. The third kappa shape index (κ3) is 3.65. The number of halogens is 1. The number of carbonyl (C=O) groups is 2. The third-order valence-electron chi connectivity index (χ3n) is 5.85. The van der Waals surface area contributed by atoms with Gasteiger partial charge in [-0.25, -0.2) is 0 Å². The second kappa shape index (κ2) is 7.46. The standard InChI is InChI=1S/C21H22ClN3O4/c22-16-10-14(9-15-12-25(21(27)19(15)16)4-3-13-1-2-13)18-11-17(23-29-18)20(26)24-5-7-28-8-6-24/h9-11,13H,1-8,12H2. The van der Waals surface area contributed by atoms with Crippen molar-refractivity contribution in [2.45, 2.75) is 25.8 Å². The topological polar surface area (TPSA) is 75.9 Å². The van der Waals surface area contributed by atoms with Crippen molar-refractivity contribution in [3.05, 3.63) is 40.0 Å². The summed E-state index contributed by atoms with van der Waals surface area (Å²) in [4.78, 5) is 28.9. The molecular weight excluding hydrogens is 394 g/mol. The third-order valence-corrected chi connectivity index (χ3v) is 6.15. The fourth-order valence-electron chi connectivity index (χ4n) is 3.97. The molecule has 2 aromatic rings. The molecule has 1 aromatic heterocycles. The lowest BCUT2D eigenvalue weighted by Crippen LogP contribution is -2.40. The van der Waals surface area contributed by atoms with Crippen LogP contribution in [0.15, 0.2) is 22.7 Å². The quantitative estimate of drug-likeness (QED) is 0.749. The highest BCUT2D eigenvalue weighted by Gasteiger charge is 2.32. The molecular formula is C21H22ClN3O4. The van der Waals surface area contributed by atoms with Gasteiger partial charge in [-0.2, -0.15) is 0 Å². The summed E-state index contributed by atoms with van der Waals surface area (Å²) in [6.07, 6.45) is 3.60. The Hall–Kier alpha value is -2.38. The first-order valence-corrected chi connectivity index (χ1v) is 10.4. The lowest BCUT2D eigenvalue weighted by molar-refractivity contribution is 0.0296. The van der Waals surface area contributed by atoms with E-state index in [1.54, 1.807) is 17.0 Å². The number of rotatable bonds is 5. The molecule has 1 saturated carbocycles. The average molecular weight is 416 g/mol. The summed E-state index contributed by atoms with van der Waals surface area (Å²) in [6.45, 7) is 3.48. The van der Waals surface area contributed by atoms with Crippen LogP contribution in [0, 0.1) is 5.92 Å². The summed E-state index contributed by atoms with van der Waals surface area (Å²) in [6, 6.07) is 5.27. The summed E-state index contributed by atoms with van der Waals surface area (Å²) < 4.78 is 10.7. The van der Waals surface area contributed by atoms with Crippen molar-refractivity contribution in [2.75, 3.05) is 32.8 Å². The van der Waals surface area contributed by atoms with Crippen LogP contribution in [0.5, 0.6) is 0 Å². The maximum atomic E-state index is 12.7. The van der Waals surface area contributed by atoms with Crippen LogP contribution in [0.2, 0.25) is 5.02 Å². The molecule has 3 aliphatic rings. The number of morpholine rings is 1. The van der Waals surface area contributed by atoms with E-state index < -0.39 is 0 Å². The van der Waals surface area contributed by atoms with E-state index >= 15 is 0 Å². The van der Waals surface area contributed by atoms with Crippen molar-refractivity contribution < 1.29 is 18.8 Å². The molecule has 2 fully saturated rings. The van der Waals surface area contributed by atoms with Crippen LogP contribution in [-0.4, -0.2) is 59.6 Å². The Kier molecular flexibility index (Phi) is 4.80. The van der Waals surface area contributed by atoms with E-state index in [0.717, 1.165) is 30.0 Å². The van der Waals surface area contributed by atoms with Gasteiger partial charge in [-0.15, -0.1) is 0 Å². The maximum absolute atomic E-state index is 12.7. The Labute approximate surface area is 173 Å². The van der Waals surface area contributed by atoms with E-state index in [1.165, 1.54) is 12.8 Å². The number of ether oxygens (including phenoxy) is 1. The molecule has 0 unspecified atom stereocenters. The lowest BCUT2D eigenvalue weighted by atomic mass is 10.0. The summed E-state index contributed by atoms with van der Waals surface area (Å²) in [5.74, 6) is 1.07. The Morgan fingerprint density at radius 2 is 2.00 bits per heavy atom. The van der Waals surface area contributed by atoms with Crippen molar-refractivity contribution >= 4 is 23.4 Å². The average Bonchev–Trinajstić information content (AvgIpc) is 3.32. The molecule has 2 amide bonds. The summed E-state index contributed by atoms with van der Waals surface area (Å²) >= 11 is 6.45. The summed E-state index contributed by atoms with van der Waals surface area (Å²) in [5, 5.41) is 4.36. The molecule has 7 nitrogen and oxygen atoms in total. The van der Waals surface area contributed by atoms with Crippen LogP contribution in [0.4, 0.5) is 0 Å². The Balaban J connectivity index is 1.36. The van der Waals surface area contributed by atoms with Crippen molar-refractivity contribution in [1.82, 2.24) is 15.0 Å². The largest absolute Gasteiger partial charge is 0.378 e. The molecule has 8 heteroatoms. The predicted molar refractivity (Wildman–Crippen MR) is 106 cm³/mol. The van der Waals surface area contributed by atoms with E-state index in [2.05, 4.69) is 5.16 Å². The van der Waals surface area contributed by atoms with Crippen LogP contribution in [0.3, 0.4) is 0 Å². The first kappa shape index (κ1) is 18.6. The lowest BCUT2D eigenvalue weighted by Gasteiger charge is -2.25. The fourth-order valence-corrected chi connectivity index (χ4v) is 4.29. The zero-order valence-electron chi connectivity index (χ0n) is 16.0. The van der Waals surface area contributed by atoms with Gasteiger partial charge in [-0.3, -0.25) is 9.59 Å². The molecule has 152 valence electrons. The van der Waals surface area contributed by atoms with Gasteiger partial charge in [0.1, 0.15) is 0 Å². The van der Waals surface area contributed by atoms with Gasteiger partial charge in [0, 0.05) is 37.8 Å². The number of amides is 2. The van der Waals surface area contributed by atoms with Crippen LogP contribution in [0.25, 0.3) is 11.3 Å². The van der Waals surface area contributed by atoms with E-state index in [1.807, 2.05) is 11.0 Å². The highest BCUT2D eigenvalue weighted by atomic mass is 35.5. The zero-order valence-corrected chi connectivity index (χ0v) is 16.8. The Bertz CT molecular complexity index is 963. The van der Waals surface area contributed by atoms with Crippen LogP contribution < -0.4 is 0 Å². The van der Waals surface area contributed by atoms with E-state index in [9.17, 15) is 9.59 Å². The monoisotopic (exact) mass is 415 g/mol. The smallest absolute Gasteiger partial charge is 0.276 e. The fraction of sp³-hybridized carbons (Fsp3) is 0.476. The second-order valence-corrected chi connectivity index (χ2v) is 8.34. The molecule has 29 heavy (non-hydrogen) atoms. The molecule has 5 rings (SSSR count). The molecule has 0 N–H and O–H groups in total. The molecule has 0 radical (unpaired) electrons. The minimum Gasteiger partial charge on any atom is -0.378 e. The Morgan fingerprint density at radius 3 is 2.76 bits per heavy atom. The predicted octanol–water partition coefficient (Wildman–Crippen LogP) is 3.22. The minimum absolute atomic E-state index is 0.00189. The first-order valence-electron chi connectivity index (χ1n) is 10.1. The van der Waals surface area contributed by atoms with Crippen LogP contribution in [-0.2, 0) is 11.3 Å². The van der Waals surface area contributed by atoms with Gasteiger partial charge in [0.15, 0.2) is 11.5 Å². The van der Waals surface area contributed by atoms with Crippen LogP contribution in [0.1, 0.15) is 45.7 Å². The van der Waals surface area contributed by atoms with Gasteiger partial charge in [0.25, 0.3) is 11.8 Å². The summed E-state index contributed by atoms with van der Waals surface area (Å²) in [5.41, 5.74) is 2.46. The van der Waals surface area contributed by atoms with Crippen molar-refractivity contribution in [2.24, 2.45) is 5.92 Å². The van der Waals surface area contributed by atoms with Gasteiger partial charge in [-0.1, -0.05) is 29.6 Å². The van der Waals surface area contributed by atoms with Crippen molar-refractivity contribution in [3.63, 3.8) is 0 Å². The molecule has 3 heterocycles. The normalized spacial score (nSPS) is 19.0. The Morgan fingerprint density at radius 1 is 1.21 bits per heavy atom. The molecule has 0 bridgehead atoms. The number of fused-ring (bicyclic) bond motifs is 1. The molecule has 1 aromatic carbocycles. The van der Waals surface area contributed by atoms with Gasteiger partial charge >= 0.3 is 0 Å². The van der Waals surface area contributed by atoms with E-state index in [0.29, 0.717) is 49.2 Å². The maximum Gasteiger partial charge on any atom is 0.276 e. The number of aromatic nitrogens is 1. The molecule has 0 spiro atoms. The SMILES string of the molecule is O=C(c1cc(-c2cc(Cl)c3c(c2)CN(CCC2CC2)C3=O)on1)N1CCOCC1. The number of carbonyl (C=O) groups excluding carboxylic acids is 2. The van der Waals surface area contributed by atoms with Gasteiger partial charge in [0.2, 0.25) is 0 Å². The van der Waals surface area contributed by atoms with Crippen LogP contribution >= 0.6 is 11.6 Å². The molecule has 0 atom stereocenters. The minimum atomic E-state index is -0.169. The second-order valence-electron chi connectivity index (χ2n) is 7.93. The number of benzene rings is 1. The molecule has 1 saturated heterocycles. The first-order chi connectivity index (χ1) is 14.1. The summed E-state index contributed by atoms with van der Waals surface area (Å²) in [7, 11) is 0. The van der Waals surface area contributed by atoms with Crippen molar-refractivity contribution in [1.29, 1.82) is 0 Å². The number of hydrogen-bond donors (Lipinski definition) is 0. The van der Waals surface area contributed by atoms with Gasteiger partial charge in [0.05, 0.1) is 23.8 Å². The van der Waals surface area contributed by atoms with Gasteiger partial charge < -0.3 is 19.1 Å². The van der Waals surface area contributed by atoms with Gasteiger partial charge in [-0.05, 0) is 30.0 Å². The van der Waals surface area contributed by atoms with E-state index in [4.69, 9.17) is 20.9 Å².